The van der Waals surface area contributed by atoms with Crippen LogP contribution >= 0.6 is 0 Å². The summed E-state index contributed by atoms with van der Waals surface area (Å²) >= 11 is 0. The number of nitrogens with two attached hydrogens (primary N) is 2. The molecule has 0 unspecified atom stereocenters. The number of pyridine rings is 1. The van der Waals surface area contributed by atoms with Crippen molar-refractivity contribution in [2.75, 3.05) is 10.6 Å². The molecule has 0 atom stereocenters. The van der Waals surface area contributed by atoms with Gasteiger partial charge in [0.2, 0.25) is 0 Å². The van der Waals surface area contributed by atoms with Crippen molar-refractivity contribution in [3.05, 3.63) is 18.0 Å². The van der Waals surface area contributed by atoms with E-state index in [1.54, 1.807) is 6.92 Å². The van der Waals surface area contributed by atoms with E-state index in [4.69, 9.17) is 11.5 Å². The zero-order chi connectivity index (χ0) is 11.4. The number of carbonyl (C=O) groups excluding carboxylic acids is 2. The SMILES string of the molecule is Cc1nccc(NC(N)=O)c1NC(N)=O. The Balaban J connectivity index is 3.08. The lowest BCUT2D eigenvalue weighted by Crippen LogP contribution is -2.24. The van der Waals surface area contributed by atoms with Crippen LogP contribution in [-0.2, 0) is 0 Å². The maximum absolute atomic E-state index is 10.7. The first-order valence-corrected chi connectivity index (χ1v) is 4.09. The van der Waals surface area contributed by atoms with Crippen LogP contribution in [0.4, 0.5) is 21.0 Å². The highest BCUT2D eigenvalue weighted by Crippen LogP contribution is 2.23. The zero-order valence-electron chi connectivity index (χ0n) is 8.07. The average Bonchev–Trinajstić information content (AvgIpc) is 2.09. The van der Waals surface area contributed by atoms with Crippen LogP contribution < -0.4 is 22.1 Å². The maximum Gasteiger partial charge on any atom is 0.316 e. The van der Waals surface area contributed by atoms with Gasteiger partial charge >= 0.3 is 12.1 Å². The lowest BCUT2D eigenvalue weighted by molar-refractivity contribution is 0.258. The molecule has 0 saturated carbocycles. The smallest absolute Gasteiger partial charge is 0.316 e. The molecule has 15 heavy (non-hydrogen) atoms. The zero-order valence-corrected chi connectivity index (χ0v) is 8.07. The van der Waals surface area contributed by atoms with Crippen LogP contribution in [0.3, 0.4) is 0 Å². The summed E-state index contributed by atoms with van der Waals surface area (Å²) < 4.78 is 0. The lowest BCUT2D eigenvalue weighted by Gasteiger charge is -2.11. The molecule has 0 aromatic carbocycles. The summed E-state index contributed by atoms with van der Waals surface area (Å²) in [5.41, 5.74) is 11.2. The number of nitrogens with one attached hydrogen (secondary N) is 2. The number of aromatic nitrogens is 1. The van der Waals surface area contributed by atoms with Gasteiger partial charge in [0.25, 0.3) is 0 Å². The predicted molar refractivity (Wildman–Crippen MR) is 55.4 cm³/mol. The number of primary amides is 2. The molecule has 1 rings (SSSR count). The highest BCUT2D eigenvalue weighted by atomic mass is 16.2. The fraction of sp³-hybridized carbons (Fsp3) is 0.125. The minimum Gasteiger partial charge on any atom is -0.351 e. The Bertz CT molecular complexity index is 404. The number of hydrogen-bond donors (Lipinski definition) is 4. The second kappa shape index (κ2) is 4.27. The van der Waals surface area contributed by atoms with Crippen LogP contribution in [0.25, 0.3) is 0 Å². The van der Waals surface area contributed by atoms with E-state index >= 15 is 0 Å². The number of nitrogens with zero attached hydrogens (tertiary/aromatic N) is 1. The third-order valence-corrected chi connectivity index (χ3v) is 1.65. The van der Waals surface area contributed by atoms with Crippen molar-refractivity contribution in [1.82, 2.24) is 4.98 Å². The molecule has 0 aliphatic carbocycles. The molecule has 6 N–H and O–H groups in total. The molecule has 1 aromatic rings. The summed E-state index contributed by atoms with van der Waals surface area (Å²) in [5, 5.41) is 4.70. The molecule has 0 saturated heterocycles. The molecule has 1 aromatic heterocycles. The first-order chi connectivity index (χ1) is 7.00. The Morgan fingerprint density at radius 3 is 2.40 bits per heavy atom. The molecule has 0 aliphatic rings. The van der Waals surface area contributed by atoms with Crippen molar-refractivity contribution in [2.24, 2.45) is 11.5 Å². The molecule has 1 heterocycles. The van der Waals surface area contributed by atoms with E-state index in [2.05, 4.69) is 15.6 Å². The summed E-state index contributed by atoms with van der Waals surface area (Å²) in [7, 11) is 0. The second-order valence-corrected chi connectivity index (χ2v) is 2.80. The Morgan fingerprint density at radius 2 is 1.87 bits per heavy atom. The van der Waals surface area contributed by atoms with Crippen LogP contribution in [-0.4, -0.2) is 17.0 Å². The van der Waals surface area contributed by atoms with Crippen LogP contribution in [0, 0.1) is 6.92 Å². The summed E-state index contributed by atoms with van der Waals surface area (Å²) in [5.74, 6) is 0. The number of rotatable bonds is 2. The van der Waals surface area contributed by atoms with Gasteiger partial charge < -0.3 is 22.1 Å². The third-order valence-electron chi connectivity index (χ3n) is 1.65. The Kier molecular flexibility index (Phi) is 3.06. The summed E-state index contributed by atoms with van der Waals surface area (Å²) in [6.45, 7) is 1.66. The topological polar surface area (TPSA) is 123 Å². The van der Waals surface area contributed by atoms with Crippen LogP contribution in [0.2, 0.25) is 0 Å². The van der Waals surface area contributed by atoms with E-state index in [1.807, 2.05) is 0 Å². The van der Waals surface area contributed by atoms with Crippen LogP contribution in [0.1, 0.15) is 5.69 Å². The number of anilines is 2. The van der Waals surface area contributed by atoms with E-state index in [0.717, 1.165) is 0 Å². The highest BCUT2D eigenvalue weighted by molar-refractivity contribution is 5.97. The van der Waals surface area contributed by atoms with Crippen LogP contribution in [0.15, 0.2) is 12.3 Å². The van der Waals surface area contributed by atoms with E-state index in [0.29, 0.717) is 17.1 Å². The minimum absolute atomic E-state index is 0.337. The number of aryl methyl sites for hydroxylation is 1. The molecule has 80 valence electrons. The van der Waals surface area contributed by atoms with Gasteiger partial charge in [-0.25, -0.2) is 9.59 Å². The Morgan fingerprint density at radius 1 is 1.27 bits per heavy atom. The van der Waals surface area contributed by atoms with Gasteiger partial charge in [-0.05, 0) is 13.0 Å². The normalized spacial score (nSPS) is 9.40. The number of amides is 4. The van der Waals surface area contributed by atoms with Gasteiger partial charge in [0.05, 0.1) is 17.1 Å². The Hall–Kier alpha value is -2.31. The summed E-state index contributed by atoms with van der Waals surface area (Å²) in [6.07, 6.45) is 1.48. The van der Waals surface area contributed by atoms with Gasteiger partial charge in [0.15, 0.2) is 0 Å². The Labute approximate surface area is 85.8 Å². The molecule has 7 heteroatoms. The van der Waals surface area contributed by atoms with Gasteiger partial charge in [0, 0.05) is 6.20 Å². The monoisotopic (exact) mass is 209 g/mol. The van der Waals surface area contributed by atoms with E-state index in [9.17, 15) is 9.59 Å². The van der Waals surface area contributed by atoms with Gasteiger partial charge in [-0.2, -0.15) is 0 Å². The molecule has 0 radical (unpaired) electrons. The summed E-state index contributed by atoms with van der Waals surface area (Å²) in [4.78, 5) is 25.3. The van der Waals surface area contributed by atoms with Crippen molar-refractivity contribution in [3.63, 3.8) is 0 Å². The molecule has 0 bridgehead atoms. The number of hydrogen-bond acceptors (Lipinski definition) is 3. The van der Waals surface area contributed by atoms with Crippen molar-refractivity contribution in [2.45, 2.75) is 6.92 Å². The predicted octanol–water partition coefficient (Wildman–Crippen LogP) is 0.371. The second-order valence-electron chi connectivity index (χ2n) is 2.80. The quantitative estimate of drug-likeness (QED) is 0.562. The van der Waals surface area contributed by atoms with Gasteiger partial charge in [-0.3, -0.25) is 4.98 Å². The van der Waals surface area contributed by atoms with Crippen molar-refractivity contribution < 1.29 is 9.59 Å². The largest absolute Gasteiger partial charge is 0.351 e. The number of urea groups is 2. The molecule has 0 aliphatic heterocycles. The fourth-order valence-electron chi connectivity index (χ4n) is 1.08. The fourth-order valence-corrected chi connectivity index (χ4v) is 1.08. The first kappa shape index (κ1) is 10.8. The highest BCUT2D eigenvalue weighted by Gasteiger charge is 2.09. The molecular weight excluding hydrogens is 198 g/mol. The third kappa shape index (κ3) is 2.83. The van der Waals surface area contributed by atoms with Crippen LogP contribution in [0.5, 0.6) is 0 Å². The van der Waals surface area contributed by atoms with Crippen molar-refractivity contribution >= 4 is 23.4 Å². The average molecular weight is 209 g/mol. The first-order valence-electron chi connectivity index (χ1n) is 4.09. The molecule has 0 fully saturated rings. The maximum atomic E-state index is 10.7. The molecule has 4 amide bonds. The van der Waals surface area contributed by atoms with E-state index in [1.165, 1.54) is 12.3 Å². The lowest BCUT2D eigenvalue weighted by atomic mass is 10.2. The van der Waals surface area contributed by atoms with Gasteiger partial charge in [0.1, 0.15) is 0 Å². The van der Waals surface area contributed by atoms with E-state index in [-0.39, 0.29) is 0 Å². The van der Waals surface area contributed by atoms with Gasteiger partial charge in [-0.1, -0.05) is 0 Å². The number of carbonyl (C=O) groups is 2. The van der Waals surface area contributed by atoms with E-state index < -0.39 is 12.1 Å². The van der Waals surface area contributed by atoms with Crippen molar-refractivity contribution in [3.8, 4) is 0 Å². The molecule has 0 spiro atoms. The van der Waals surface area contributed by atoms with Gasteiger partial charge in [-0.15, -0.1) is 0 Å². The van der Waals surface area contributed by atoms with Crippen molar-refractivity contribution in [1.29, 1.82) is 0 Å². The molecular formula is C8H11N5O2. The standard InChI is InChI=1S/C8H11N5O2/c1-4-6(13-8(10)15)5(2-3-11-4)12-7(9)14/h2-3H,1H3,(H3,10,13,15)(H3,9,11,12,14). The molecule has 7 nitrogen and oxygen atoms in total. The minimum atomic E-state index is -0.737. The summed E-state index contributed by atoms with van der Waals surface area (Å²) in [6, 6.07) is 0.0370.